The highest BCUT2D eigenvalue weighted by atomic mass is 16.5. The lowest BCUT2D eigenvalue weighted by molar-refractivity contribution is -0.165. The molecule has 1 fully saturated rings. The van der Waals surface area contributed by atoms with E-state index >= 15 is 0 Å². The van der Waals surface area contributed by atoms with E-state index in [9.17, 15) is 0 Å². The summed E-state index contributed by atoms with van der Waals surface area (Å²) in [5, 5.41) is 9.06. The number of aliphatic hydroxyl groups excluding tert-OH is 1. The molecule has 0 aromatic rings. The second kappa shape index (κ2) is 2.89. The van der Waals surface area contributed by atoms with Gasteiger partial charge in [0.25, 0.3) is 0 Å². The normalized spacial score (nSPS) is 25.5. The molecule has 2 nitrogen and oxygen atoms in total. The second-order valence-corrected chi connectivity index (χ2v) is 3.32. The molecule has 1 aliphatic heterocycles. The van der Waals surface area contributed by atoms with E-state index in [-0.39, 0.29) is 12.0 Å². The lowest BCUT2D eigenvalue weighted by Crippen LogP contribution is -2.50. The average Bonchev–Trinajstić information content (AvgIpc) is 1.86. The summed E-state index contributed by atoms with van der Waals surface area (Å²) in [5.41, 5.74) is 0.106. The van der Waals surface area contributed by atoms with Crippen molar-refractivity contribution in [3.05, 3.63) is 0 Å². The maximum absolute atomic E-state index is 9.06. The van der Waals surface area contributed by atoms with Crippen LogP contribution in [0.25, 0.3) is 0 Å². The number of hydrogen-bond acceptors (Lipinski definition) is 2. The Hall–Kier alpha value is -0.0800. The van der Waals surface area contributed by atoms with Gasteiger partial charge in [0.2, 0.25) is 0 Å². The van der Waals surface area contributed by atoms with Gasteiger partial charge in [0.1, 0.15) is 0 Å². The Labute approximate surface area is 62.2 Å². The maximum Gasteiger partial charge on any atom is 0.0569 e. The Morgan fingerprint density at radius 2 is 2.20 bits per heavy atom. The van der Waals surface area contributed by atoms with Crippen LogP contribution >= 0.6 is 0 Å². The maximum atomic E-state index is 9.06. The van der Waals surface area contributed by atoms with Gasteiger partial charge < -0.3 is 9.84 Å². The molecule has 1 atom stereocenters. The fourth-order valence-corrected chi connectivity index (χ4v) is 1.33. The number of aliphatic hydroxyl groups is 1. The van der Waals surface area contributed by atoms with Gasteiger partial charge in [0.15, 0.2) is 0 Å². The van der Waals surface area contributed by atoms with Crippen molar-refractivity contribution in [1.29, 1.82) is 0 Å². The van der Waals surface area contributed by atoms with E-state index in [0.717, 1.165) is 19.6 Å². The monoisotopic (exact) mass is 144 g/mol. The third-order valence-corrected chi connectivity index (χ3v) is 2.75. The van der Waals surface area contributed by atoms with E-state index in [1.807, 2.05) is 0 Å². The molecule has 0 saturated carbocycles. The standard InChI is InChI=1S/C8H16O2/c1-3-7(2)8(4-9)5-10-6-8/h7,9H,3-6H2,1-2H3. The van der Waals surface area contributed by atoms with Crippen LogP contribution in [-0.2, 0) is 4.74 Å². The van der Waals surface area contributed by atoms with Crippen molar-refractivity contribution in [3.8, 4) is 0 Å². The highest BCUT2D eigenvalue weighted by molar-refractivity contribution is 4.88. The molecule has 1 saturated heterocycles. The summed E-state index contributed by atoms with van der Waals surface area (Å²) in [5.74, 6) is 0.589. The largest absolute Gasteiger partial charge is 0.396 e. The highest BCUT2D eigenvalue weighted by Crippen LogP contribution is 2.36. The Morgan fingerprint density at radius 1 is 1.60 bits per heavy atom. The highest BCUT2D eigenvalue weighted by Gasteiger charge is 2.41. The smallest absolute Gasteiger partial charge is 0.0569 e. The van der Waals surface area contributed by atoms with Crippen LogP contribution in [0.4, 0.5) is 0 Å². The van der Waals surface area contributed by atoms with Gasteiger partial charge >= 0.3 is 0 Å². The molecule has 0 spiro atoms. The molecule has 0 aromatic carbocycles. The van der Waals surface area contributed by atoms with Gasteiger partial charge in [-0.2, -0.15) is 0 Å². The van der Waals surface area contributed by atoms with Gasteiger partial charge in [-0.25, -0.2) is 0 Å². The van der Waals surface area contributed by atoms with E-state index in [2.05, 4.69) is 13.8 Å². The summed E-state index contributed by atoms with van der Waals surface area (Å²) in [7, 11) is 0. The van der Waals surface area contributed by atoms with Crippen LogP contribution in [0.5, 0.6) is 0 Å². The predicted octanol–water partition coefficient (Wildman–Crippen LogP) is 1.04. The molecular formula is C8H16O2. The first kappa shape index (κ1) is 8.02. The van der Waals surface area contributed by atoms with Crippen LogP contribution in [0.1, 0.15) is 20.3 Å². The zero-order valence-corrected chi connectivity index (χ0v) is 6.76. The lowest BCUT2D eigenvalue weighted by Gasteiger charge is -2.44. The van der Waals surface area contributed by atoms with Gasteiger partial charge in [-0.1, -0.05) is 20.3 Å². The number of hydrogen-bond donors (Lipinski definition) is 1. The van der Waals surface area contributed by atoms with Crippen molar-refractivity contribution in [2.75, 3.05) is 19.8 Å². The third kappa shape index (κ3) is 1.06. The molecular weight excluding hydrogens is 128 g/mol. The molecule has 1 unspecified atom stereocenters. The molecule has 1 N–H and O–H groups in total. The van der Waals surface area contributed by atoms with E-state index in [4.69, 9.17) is 9.84 Å². The van der Waals surface area contributed by atoms with Crippen molar-refractivity contribution < 1.29 is 9.84 Å². The van der Waals surface area contributed by atoms with Gasteiger partial charge in [0.05, 0.1) is 19.8 Å². The molecule has 60 valence electrons. The Morgan fingerprint density at radius 3 is 2.30 bits per heavy atom. The summed E-state index contributed by atoms with van der Waals surface area (Å²) in [4.78, 5) is 0. The summed E-state index contributed by atoms with van der Waals surface area (Å²) in [6.45, 7) is 6.11. The lowest BCUT2D eigenvalue weighted by atomic mass is 9.74. The van der Waals surface area contributed by atoms with Gasteiger partial charge in [-0.15, -0.1) is 0 Å². The van der Waals surface area contributed by atoms with Crippen molar-refractivity contribution in [2.24, 2.45) is 11.3 Å². The zero-order chi connectivity index (χ0) is 7.61. The van der Waals surface area contributed by atoms with Crippen molar-refractivity contribution in [1.82, 2.24) is 0 Å². The Balaban J connectivity index is 2.46. The van der Waals surface area contributed by atoms with Crippen LogP contribution < -0.4 is 0 Å². The Bertz CT molecular complexity index is 102. The van der Waals surface area contributed by atoms with Crippen LogP contribution in [0.15, 0.2) is 0 Å². The minimum Gasteiger partial charge on any atom is -0.396 e. The topological polar surface area (TPSA) is 29.5 Å². The molecule has 1 heterocycles. The molecule has 10 heavy (non-hydrogen) atoms. The number of rotatable bonds is 3. The second-order valence-electron chi connectivity index (χ2n) is 3.32. The van der Waals surface area contributed by atoms with Gasteiger partial charge in [0, 0.05) is 5.41 Å². The van der Waals surface area contributed by atoms with Gasteiger partial charge in [-0.3, -0.25) is 0 Å². The number of ether oxygens (including phenoxy) is 1. The summed E-state index contributed by atoms with van der Waals surface area (Å²) in [6, 6.07) is 0. The zero-order valence-electron chi connectivity index (χ0n) is 6.76. The molecule has 0 amide bonds. The van der Waals surface area contributed by atoms with Gasteiger partial charge in [-0.05, 0) is 5.92 Å². The molecule has 1 aliphatic rings. The molecule has 2 heteroatoms. The average molecular weight is 144 g/mol. The summed E-state index contributed by atoms with van der Waals surface area (Å²) in [6.07, 6.45) is 1.13. The molecule has 0 bridgehead atoms. The first-order valence-electron chi connectivity index (χ1n) is 3.94. The van der Waals surface area contributed by atoms with Crippen LogP contribution in [0, 0.1) is 11.3 Å². The molecule has 0 radical (unpaired) electrons. The van der Waals surface area contributed by atoms with E-state index in [1.165, 1.54) is 0 Å². The SMILES string of the molecule is CCC(C)C1(CO)COC1. The van der Waals surface area contributed by atoms with E-state index < -0.39 is 0 Å². The Kier molecular flexibility index (Phi) is 2.32. The first-order chi connectivity index (χ1) is 4.75. The van der Waals surface area contributed by atoms with Crippen LogP contribution in [0.2, 0.25) is 0 Å². The predicted molar refractivity (Wildman–Crippen MR) is 39.8 cm³/mol. The van der Waals surface area contributed by atoms with E-state index in [0.29, 0.717) is 5.92 Å². The van der Waals surface area contributed by atoms with Crippen molar-refractivity contribution >= 4 is 0 Å². The minimum absolute atomic E-state index is 0.106. The van der Waals surface area contributed by atoms with Crippen LogP contribution in [-0.4, -0.2) is 24.9 Å². The molecule has 0 aliphatic carbocycles. The fourth-order valence-electron chi connectivity index (χ4n) is 1.33. The fraction of sp³-hybridized carbons (Fsp3) is 1.00. The third-order valence-electron chi connectivity index (χ3n) is 2.75. The first-order valence-corrected chi connectivity index (χ1v) is 3.94. The molecule has 1 rings (SSSR count). The van der Waals surface area contributed by atoms with Crippen molar-refractivity contribution in [3.63, 3.8) is 0 Å². The van der Waals surface area contributed by atoms with E-state index in [1.54, 1.807) is 0 Å². The summed E-state index contributed by atoms with van der Waals surface area (Å²) < 4.78 is 5.09. The quantitative estimate of drug-likeness (QED) is 0.641. The van der Waals surface area contributed by atoms with Crippen molar-refractivity contribution in [2.45, 2.75) is 20.3 Å². The molecule has 0 aromatic heterocycles. The minimum atomic E-state index is 0.106. The van der Waals surface area contributed by atoms with Crippen LogP contribution in [0.3, 0.4) is 0 Å². The summed E-state index contributed by atoms with van der Waals surface area (Å²) >= 11 is 0.